The number of aromatic nitrogens is 1. The van der Waals surface area contributed by atoms with Gasteiger partial charge in [0.05, 0.1) is 0 Å². The van der Waals surface area contributed by atoms with Crippen molar-refractivity contribution in [1.29, 1.82) is 0 Å². The van der Waals surface area contributed by atoms with Gasteiger partial charge < -0.3 is 5.73 Å². The molecule has 1 unspecified atom stereocenters. The molecule has 0 amide bonds. The minimum atomic E-state index is 0.00380. The zero-order chi connectivity index (χ0) is 13.1. The van der Waals surface area contributed by atoms with Crippen LogP contribution in [0, 0.1) is 13.8 Å². The molecule has 0 aliphatic carbocycles. The molecule has 1 aromatic carbocycles. The smallest absolute Gasteiger partial charge is 0.0379 e. The van der Waals surface area contributed by atoms with Crippen molar-refractivity contribution in [2.75, 3.05) is 0 Å². The number of hydrogen-bond donors (Lipinski definition) is 1. The summed E-state index contributed by atoms with van der Waals surface area (Å²) in [6.45, 7) is 4.00. The van der Waals surface area contributed by atoms with Gasteiger partial charge in [-0.1, -0.05) is 34.1 Å². The van der Waals surface area contributed by atoms with Crippen molar-refractivity contribution in [3.63, 3.8) is 0 Å². The van der Waals surface area contributed by atoms with E-state index in [2.05, 4.69) is 39.1 Å². The fourth-order valence-corrected chi connectivity index (χ4v) is 2.55. The Morgan fingerprint density at radius 2 is 1.78 bits per heavy atom. The highest BCUT2D eigenvalue weighted by molar-refractivity contribution is 9.10. The third-order valence-corrected chi connectivity index (χ3v) is 3.70. The van der Waals surface area contributed by atoms with Gasteiger partial charge in [-0.2, -0.15) is 0 Å². The van der Waals surface area contributed by atoms with Crippen LogP contribution in [-0.4, -0.2) is 4.98 Å². The van der Waals surface area contributed by atoms with Crippen LogP contribution in [0.5, 0.6) is 0 Å². The monoisotopic (exact) mass is 304 g/mol. The number of aryl methyl sites for hydroxylation is 2. The van der Waals surface area contributed by atoms with Crippen LogP contribution in [-0.2, 0) is 6.42 Å². The second kappa shape index (κ2) is 5.63. The Balaban J connectivity index is 2.22. The van der Waals surface area contributed by atoms with Crippen LogP contribution in [0.3, 0.4) is 0 Å². The standard InChI is InChI=1S/C15H17BrN2/c1-10-7-13(8-11(2)18-10)15(17)9-12-5-3-4-6-14(12)16/h3-8,15H,9,17H2,1-2H3. The van der Waals surface area contributed by atoms with Crippen LogP contribution in [0.25, 0.3) is 0 Å². The van der Waals surface area contributed by atoms with E-state index >= 15 is 0 Å². The van der Waals surface area contributed by atoms with Crippen molar-refractivity contribution >= 4 is 15.9 Å². The van der Waals surface area contributed by atoms with Gasteiger partial charge in [-0.25, -0.2) is 0 Å². The van der Waals surface area contributed by atoms with E-state index in [9.17, 15) is 0 Å². The first-order valence-corrected chi connectivity index (χ1v) is 6.80. The van der Waals surface area contributed by atoms with E-state index in [1.54, 1.807) is 0 Å². The van der Waals surface area contributed by atoms with Crippen LogP contribution < -0.4 is 5.73 Å². The van der Waals surface area contributed by atoms with E-state index in [0.717, 1.165) is 27.8 Å². The maximum Gasteiger partial charge on any atom is 0.0379 e. The quantitative estimate of drug-likeness (QED) is 0.939. The number of hydrogen-bond acceptors (Lipinski definition) is 2. The molecule has 3 heteroatoms. The Kier molecular flexibility index (Phi) is 4.15. The lowest BCUT2D eigenvalue weighted by Gasteiger charge is -2.14. The molecular weight excluding hydrogens is 288 g/mol. The molecule has 0 aliphatic heterocycles. The predicted octanol–water partition coefficient (Wildman–Crippen LogP) is 3.70. The van der Waals surface area contributed by atoms with Crippen molar-refractivity contribution < 1.29 is 0 Å². The summed E-state index contributed by atoms with van der Waals surface area (Å²) < 4.78 is 1.11. The molecule has 94 valence electrons. The largest absolute Gasteiger partial charge is 0.324 e. The number of pyridine rings is 1. The van der Waals surface area contributed by atoms with Gasteiger partial charge in [-0.3, -0.25) is 4.98 Å². The lowest BCUT2D eigenvalue weighted by Crippen LogP contribution is -2.14. The van der Waals surface area contributed by atoms with Gasteiger partial charge in [0.15, 0.2) is 0 Å². The van der Waals surface area contributed by atoms with Gasteiger partial charge in [-0.05, 0) is 49.6 Å². The molecule has 0 aliphatic rings. The molecule has 0 spiro atoms. The predicted molar refractivity (Wildman–Crippen MR) is 78.5 cm³/mol. The van der Waals surface area contributed by atoms with E-state index in [1.165, 1.54) is 5.56 Å². The van der Waals surface area contributed by atoms with Crippen molar-refractivity contribution in [2.24, 2.45) is 5.73 Å². The fraction of sp³-hybridized carbons (Fsp3) is 0.267. The SMILES string of the molecule is Cc1cc(C(N)Cc2ccccc2Br)cc(C)n1. The summed E-state index contributed by atoms with van der Waals surface area (Å²) in [6.07, 6.45) is 0.824. The van der Waals surface area contributed by atoms with Crippen LogP contribution in [0.2, 0.25) is 0 Å². The number of nitrogens with two attached hydrogens (primary N) is 1. The minimum absolute atomic E-state index is 0.00380. The Bertz CT molecular complexity index is 532. The molecule has 1 atom stereocenters. The van der Waals surface area contributed by atoms with Crippen LogP contribution in [0.15, 0.2) is 40.9 Å². The zero-order valence-electron chi connectivity index (χ0n) is 10.7. The molecule has 2 N–H and O–H groups in total. The normalized spacial score (nSPS) is 12.4. The van der Waals surface area contributed by atoms with E-state index in [1.807, 2.05) is 32.0 Å². The van der Waals surface area contributed by atoms with Gasteiger partial charge in [0, 0.05) is 21.9 Å². The lowest BCUT2D eigenvalue weighted by atomic mass is 9.99. The van der Waals surface area contributed by atoms with Crippen molar-refractivity contribution in [3.8, 4) is 0 Å². The first kappa shape index (κ1) is 13.2. The molecule has 1 aromatic heterocycles. The number of nitrogens with zero attached hydrogens (tertiary/aromatic N) is 1. The summed E-state index contributed by atoms with van der Waals surface area (Å²) in [5, 5.41) is 0. The van der Waals surface area contributed by atoms with E-state index in [4.69, 9.17) is 5.73 Å². The molecule has 0 radical (unpaired) electrons. The van der Waals surface area contributed by atoms with E-state index in [-0.39, 0.29) is 6.04 Å². The zero-order valence-corrected chi connectivity index (χ0v) is 12.2. The lowest BCUT2D eigenvalue weighted by molar-refractivity contribution is 0.715. The molecule has 2 nitrogen and oxygen atoms in total. The summed E-state index contributed by atoms with van der Waals surface area (Å²) in [5.74, 6) is 0. The van der Waals surface area contributed by atoms with Gasteiger partial charge in [0.25, 0.3) is 0 Å². The van der Waals surface area contributed by atoms with Gasteiger partial charge in [0.2, 0.25) is 0 Å². The van der Waals surface area contributed by atoms with E-state index in [0.29, 0.717) is 0 Å². The second-order valence-electron chi connectivity index (χ2n) is 4.59. The van der Waals surface area contributed by atoms with Gasteiger partial charge in [-0.15, -0.1) is 0 Å². The van der Waals surface area contributed by atoms with Crippen LogP contribution in [0.4, 0.5) is 0 Å². The first-order chi connectivity index (χ1) is 8.56. The Labute approximate surface area is 116 Å². The average molecular weight is 305 g/mol. The van der Waals surface area contributed by atoms with E-state index < -0.39 is 0 Å². The molecule has 0 bridgehead atoms. The highest BCUT2D eigenvalue weighted by Gasteiger charge is 2.10. The minimum Gasteiger partial charge on any atom is -0.324 e. The molecule has 0 saturated heterocycles. The molecule has 0 saturated carbocycles. The highest BCUT2D eigenvalue weighted by Crippen LogP contribution is 2.22. The molecule has 2 aromatic rings. The first-order valence-electron chi connectivity index (χ1n) is 6.00. The summed E-state index contributed by atoms with van der Waals surface area (Å²) in [6, 6.07) is 12.3. The third-order valence-electron chi connectivity index (χ3n) is 2.93. The number of halogens is 1. The fourth-order valence-electron chi connectivity index (χ4n) is 2.10. The molecule has 1 heterocycles. The van der Waals surface area contributed by atoms with Crippen LogP contribution in [0.1, 0.15) is 28.6 Å². The maximum atomic E-state index is 6.29. The second-order valence-corrected chi connectivity index (χ2v) is 5.44. The number of rotatable bonds is 3. The molecule has 2 rings (SSSR count). The molecule has 18 heavy (non-hydrogen) atoms. The molecular formula is C15H17BrN2. The van der Waals surface area contributed by atoms with Gasteiger partial charge >= 0.3 is 0 Å². The Morgan fingerprint density at radius 1 is 1.17 bits per heavy atom. The van der Waals surface area contributed by atoms with Gasteiger partial charge in [0.1, 0.15) is 0 Å². The average Bonchev–Trinajstić information content (AvgIpc) is 2.31. The third kappa shape index (κ3) is 3.18. The highest BCUT2D eigenvalue weighted by atomic mass is 79.9. The maximum absolute atomic E-state index is 6.29. The Morgan fingerprint density at radius 3 is 2.39 bits per heavy atom. The number of benzene rings is 1. The summed E-state index contributed by atoms with van der Waals surface area (Å²) in [7, 11) is 0. The van der Waals surface area contributed by atoms with Crippen molar-refractivity contribution in [2.45, 2.75) is 26.3 Å². The van der Waals surface area contributed by atoms with Crippen LogP contribution >= 0.6 is 15.9 Å². The summed E-state index contributed by atoms with van der Waals surface area (Å²) in [5.41, 5.74) is 10.7. The van der Waals surface area contributed by atoms with Crippen molar-refractivity contribution in [3.05, 3.63) is 63.4 Å². The Hall–Kier alpha value is -1.19. The summed E-state index contributed by atoms with van der Waals surface area (Å²) >= 11 is 3.56. The van der Waals surface area contributed by atoms with Crippen molar-refractivity contribution in [1.82, 2.24) is 4.98 Å². The molecule has 0 fully saturated rings. The summed E-state index contributed by atoms with van der Waals surface area (Å²) in [4.78, 5) is 4.38. The topological polar surface area (TPSA) is 38.9 Å².